The Morgan fingerprint density at radius 2 is 1.85 bits per heavy atom. The number of nitrogens with one attached hydrogen (secondary N) is 2. The molecule has 11 nitrogen and oxygen atoms in total. The molecule has 252 valence electrons. The summed E-state index contributed by atoms with van der Waals surface area (Å²) < 4.78 is 8.70. The minimum Gasteiger partial charge on any atom is -0.494 e. The number of aromatic nitrogens is 4. The molecule has 1 saturated heterocycles. The van der Waals surface area contributed by atoms with Crippen molar-refractivity contribution in [1.29, 1.82) is 0 Å². The van der Waals surface area contributed by atoms with Crippen LogP contribution in [-0.2, 0) is 25.3 Å². The van der Waals surface area contributed by atoms with Crippen molar-refractivity contribution in [3.05, 3.63) is 46.8 Å². The molecule has 0 radical (unpaired) electrons. The number of nitrogens with zero attached hydrogens (tertiary/aromatic N) is 8. The number of ether oxygens (including phenoxy) is 1. The van der Waals surface area contributed by atoms with Gasteiger partial charge in [0.05, 0.1) is 40.5 Å². The Bertz CT molecular complexity index is 1930. The molecule has 2 aliphatic heterocycles. The molecule has 2 aliphatic rings. The normalized spacial score (nSPS) is 15.6. The van der Waals surface area contributed by atoms with E-state index in [4.69, 9.17) is 21.5 Å². The largest absolute Gasteiger partial charge is 0.494 e. The molecule has 0 saturated carbocycles. The molecule has 0 spiro atoms. The van der Waals surface area contributed by atoms with E-state index >= 15 is 0 Å². The van der Waals surface area contributed by atoms with E-state index in [2.05, 4.69) is 95.7 Å². The maximum absolute atomic E-state index is 6.03. The first-order valence-electron chi connectivity index (χ1n) is 15.9. The molecular weight excluding hydrogens is 707 g/mol. The predicted octanol–water partition coefficient (Wildman–Crippen LogP) is 7.01. The van der Waals surface area contributed by atoms with Crippen LogP contribution in [0.5, 0.6) is 5.75 Å². The average molecular weight is 750 g/mol. The number of anilines is 5. The molecule has 0 unspecified atom stereocenters. The van der Waals surface area contributed by atoms with Gasteiger partial charge in [-0.25, -0.2) is 4.98 Å². The molecule has 4 heterocycles. The second-order valence-electron chi connectivity index (χ2n) is 12.5. The number of piperidine rings is 1. The molecule has 2 aromatic heterocycles. The van der Waals surface area contributed by atoms with Gasteiger partial charge in [-0.2, -0.15) is 10.1 Å². The van der Waals surface area contributed by atoms with Gasteiger partial charge in [-0.15, -0.1) is 0 Å². The summed E-state index contributed by atoms with van der Waals surface area (Å²) in [7, 11) is 5.93. The van der Waals surface area contributed by atoms with Crippen LogP contribution in [0.3, 0.4) is 0 Å². The summed E-state index contributed by atoms with van der Waals surface area (Å²) in [6.07, 6.45) is 8.63. The first-order valence-corrected chi connectivity index (χ1v) is 20.4. The first-order chi connectivity index (χ1) is 23.0. The first kappa shape index (κ1) is 34.2. The van der Waals surface area contributed by atoms with Crippen LogP contribution >= 0.6 is 22.0 Å². The van der Waals surface area contributed by atoms with Gasteiger partial charge in [0.15, 0.2) is 0 Å². The van der Waals surface area contributed by atoms with Crippen molar-refractivity contribution in [3.8, 4) is 16.9 Å². The number of hydrogen-bond donors (Lipinski definition) is 2. The molecule has 2 N–H and O–H groups in total. The quantitative estimate of drug-likeness (QED) is 0.138. The summed E-state index contributed by atoms with van der Waals surface area (Å²) in [5.74, 6) is 1.71. The smallest absolute Gasteiger partial charge is 0.229 e. The summed E-state index contributed by atoms with van der Waals surface area (Å²) in [4.78, 5) is 23.3. The van der Waals surface area contributed by atoms with Crippen LogP contribution in [0.4, 0.5) is 40.2 Å². The molecule has 4 aromatic rings. The van der Waals surface area contributed by atoms with E-state index in [9.17, 15) is 0 Å². The van der Waals surface area contributed by atoms with Crippen molar-refractivity contribution in [2.24, 2.45) is 17.0 Å². The van der Waals surface area contributed by atoms with E-state index in [-0.39, 0.29) is 0 Å². The van der Waals surface area contributed by atoms with Gasteiger partial charge in [0, 0.05) is 72.3 Å². The third kappa shape index (κ3) is 6.78. The second kappa shape index (κ2) is 14.1. The monoisotopic (exact) mass is 748 g/mol. The lowest BCUT2D eigenvalue weighted by molar-refractivity contribution is 0.250. The number of hydrogen-bond acceptors (Lipinski definition) is 11. The third-order valence-electron chi connectivity index (χ3n) is 9.04. The van der Waals surface area contributed by atoms with E-state index in [1.165, 1.54) is 11.4 Å². The van der Waals surface area contributed by atoms with Gasteiger partial charge >= 0.3 is 0 Å². The van der Waals surface area contributed by atoms with Crippen molar-refractivity contribution in [3.63, 3.8) is 0 Å². The summed E-state index contributed by atoms with van der Waals surface area (Å²) in [5.41, 5.74) is 7.66. The zero-order valence-corrected chi connectivity index (χ0v) is 31.6. The number of methoxy groups -OCH3 is 1. The van der Waals surface area contributed by atoms with Crippen molar-refractivity contribution in [2.75, 3.05) is 62.7 Å². The van der Waals surface area contributed by atoms with Gasteiger partial charge in [-0.3, -0.25) is 14.7 Å². The van der Waals surface area contributed by atoms with Crippen LogP contribution in [-0.4, -0.2) is 90.7 Å². The highest BCUT2D eigenvalue weighted by Crippen LogP contribution is 2.47. The fourth-order valence-electron chi connectivity index (χ4n) is 6.67. The van der Waals surface area contributed by atoms with Crippen LogP contribution < -0.4 is 25.6 Å². The van der Waals surface area contributed by atoms with E-state index in [1.807, 2.05) is 37.0 Å². The number of aliphatic imine (C=N–C) groups is 2. The van der Waals surface area contributed by atoms with Crippen LogP contribution in [0.15, 0.2) is 51.1 Å². The van der Waals surface area contributed by atoms with Crippen molar-refractivity contribution < 1.29 is 4.74 Å². The minimum atomic E-state index is -1.99. The maximum atomic E-state index is 6.03. The lowest BCUT2D eigenvalue weighted by Crippen LogP contribution is -2.44. The molecule has 2 aromatic carbocycles. The average Bonchev–Trinajstić information content (AvgIpc) is 3.34. The fourth-order valence-corrected chi connectivity index (χ4v) is 8.91. The molecule has 0 atom stereocenters. The van der Waals surface area contributed by atoms with Crippen LogP contribution in [0.2, 0.25) is 0 Å². The highest BCUT2D eigenvalue weighted by molar-refractivity contribution is 9.10. The molecule has 14 heteroatoms. The lowest BCUT2D eigenvalue weighted by atomic mass is 9.99. The standard InChI is InChI=1S/C34H42BrN10OPS/c1-8-37-31-25(36-2)9-10-26(32(31)47(6,7)48)40-33-24(35)20-38-34(42-33)41-27-17-22-23-19-39-44(4)28(23)13-16-45(29(22)18-30(27)46-5)21-11-14-43(3)15-12-21/h8-10,17-21H,2,11-16H2,1,3-7H3,(H2,38,40,41,42)/b37-8-. The van der Waals surface area contributed by atoms with Gasteiger partial charge in [-0.1, -0.05) is 11.8 Å². The Morgan fingerprint density at radius 3 is 2.54 bits per heavy atom. The molecule has 0 amide bonds. The van der Waals surface area contributed by atoms with Crippen LogP contribution in [0.25, 0.3) is 11.1 Å². The highest BCUT2D eigenvalue weighted by Gasteiger charge is 2.31. The number of benzene rings is 2. The lowest BCUT2D eigenvalue weighted by Gasteiger charge is -2.39. The number of rotatable bonds is 9. The molecule has 6 rings (SSSR count). The SMILES string of the molecule is C=Nc1ccc(Nc2nc(Nc3cc4c(cc3OC)N(C3CCN(C)CC3)CCc3c-4cnn3C)ncc2Br)c(P(C)(C)=S)c1/N=C\C. The van der Waals surface area contributed by atoms with E-state index in [1.54, 1.807) is 19.5 Å². The topological polar surface area (TPSA) is 108 Å². The highest BCUT2D eigenvalue weighted by atomic mass is 79.9. The van der Waals surface area contributed by atoms with Gasteiger partial charge < -0.3 is 25.2 Å². The fraction of sp³-hybridized carbons (Fsp3) is 0.382. The number of aryl methyl sites for hydroxylation is 1. The molecule has 0 bridgehead atoms. The van der Waals surface area contributed by atoms with Gasteiger partial charge in [0.25, 0.3) is 0 Å². The zero-order chi connectivity index (χ0) is 34.2. The number of fused-ring (bicyclic) bond motifs is 3. The molecule has 48 heavy (non-hydrogen) atoms. The molecule has 1 fully saturated rings. The van der Waals surface area contributed by atoms with Gasteiger partial charge in [0.2, 0.25) is 5.95 Å². The van der Waals surface area contributed by atoms with Crippen molar-refractivity contribution >= 4 is 92.2 Å². The maximum Gasteiger partial charge on any atom is 0.229 e. The van der Waals surface area contributed by atoms with E-state index < -0.39 is 6.04 Å². The van der Waals surface area contributed by atoms with Crippen molar-refractivity contribution in [2.45, 2.75) is 32.2 Å². The number of halogens is 1. The Kier molecular flexibility index (Phi) is 10.0. The van der Waals surface area contributed by atoms with E-state index in [0.717, 1.165) is 78.1 Å². The summed E-state index contributed by atoms with van der Waals surface area (Å²) >= 11 is 9.68. The minimum absolute atomic E-state index is 0.413. The van der Waals surface area contributed by atoms with E-state index in [0.29, 0.717) is 28.0 Å². The molecular formula is C34H42BrN10OPS. The summed E-state index contributed by atoms with van der Waals surface area (Å²) in [5, 5.41) is 12.5. The predicted molar refractivity (Wildman–Crippen MR) is 208 cm³/mol. The Hall–Kier alpha value is -3.64. The second-order valence-corrected chi connectivity index (χ2v) is 19.3. The Labute approximate surface area is 296 Å². The third-order valence-corrected chi connectivity index (χ3v) is 11.7. The van der Waals surface area contributed by atoms with Gasteiger partial charge in [0.1, 0.15) is 11.6 Å². The Morgan fingerprint density at radius 1 is 1.08 bits per heavy atom. The number of likely N-dealkylation sites (tertiary alicyclic amines) is 1. The zero-order valence-electron chi connectivity index (χ0n) is 28.3. The van der Waals surface area contributed by atoms with Crippen LogP contribution in [0.1, 0.15) is 25.5 Å². The van der Waals surface area contributed by atoms with Crippen LogP contribution in [0, 0.1) is 0 Å². The van der Waals surface area contributed by atoms with Gasteiger partial charge in [-0.05, 0) is 100 Å². The molecule has 0 aliphatic carbocycles. The summed E-state index contributed by atoms with van der Waals surface area (Å²) in [6.45, 7) is 12.9. The summed E-state index contributed by atoms with van der Waals surface area (Å²) in [6, 6.07) is 6.63. The van der Waals surface area contributed by atoms with Crippen molar-refractivity contribution in [1.82, 2.24) is 24.6 Å². The Balaban J connectivity index is 1.39.